The van der Waals surface area contributed by atoms with Crippen LogP contribution in [0.5, 0.6) is 23.3 Å². The summed E-state index contributed by atoms with van der Waals surface area (Å²) in [5.74, 6) is 0.0508. The third-order valence-corrected chi connectivity index (χ3v) is 17.4. The van der Waals surface area contributed by atoms with Crippen LogP contribution in [-0.4, -0.2) is 119 Å². The Kier molecular flexibility index (Phi) is 18.2. The van der Waals surface area contributed by atoms with E-state index < -0.39 is 11.9 Å². The number of carboxylic acid groups (broad SMARTS) is 1. The van der Waals surface area contributed by atoms with Gasteiger partial charge in [0.1, 0.15) is 22.6 Å². The number of hydrogen-bond donors (Lipinski definition) is 3. The number of anilines is 2. The molecule has 0 atom stereocenters. The molecule has 12 rings (SSSR count). The fourth-order valence-corrected chi connectivity index (χ4v) is 12.3. The highest BCUT2D eigenvalue weighted by molar-refractivity contribution is 6.30. The summed E-state index contributed by atoms with van der Waals surface area (Å²) in [5.41, 5.74) is 13.5. The van der Waals surface area contributed by atoms with Gasteiger partial charge in [-0.1, -0.05) is 86.3 Å². The third kappa shape index (κ3) is 14.1. The summed E-state index contributed by atoms with van der Waals surface area (Å²) in [5, 5.41) is 13.3. The van der Waals surface area contributed by atoms with E-state index in [0.717, 1.165) is 134 Å². The Bertz CT molecular complexity index is 3720. The second kappa shape index (κ2) is 25.7. The fraction of sp³-hybridized carbons (Fsp3) is 0.343. The zero-order valence-corrected chi connectivity index (χ0v) is 49.9. The van der Waals surface area contributed by atoms with Crippen LogP contribution in [0.3, 0.4) is 0 Å². The van der Waals surface area contributed by atoms with Gasteiger partial charge in [-0.25, -0.2) is 19.6 Å². The number of aromatic carboxylic acids is 1. The molecule has 0 unspecified atom stereocenters. The maximum Gasteiger partial charge on any atom is 0.341 e. The van der Waals surface area contributed by atoms with Gasteiger partial charge in [-0.15, -0.1) is 0 Å². The van der Waals surface area contributed by atoms with Gasteiger partial charge < -0.3 is 39.1 Å². The summed E-state index contributed by atoms with van der Waals surface area (Å²) in [4.78, 5) is 49.3. The van der Waals surface area contributed by atoms with Crippen LogP contribution in [0.2, 0.25) is 10.0 Å². The van der Waals surface area contributed by atoms with Crippen LogP contribution in [0.15, 0.2) is 145 Å². The number of nitrogens with one attached hydrogen (secondary N) is 2. The Morgan fingerprint density at radius 3 is 1.42 bits per heavy atom. The summed E-state index contributed by atoms with van der Waals surface area (Å²) in [6, 6.07) is 35.2. The van der Waals surface area contributed by atoms with Crippen molar-refractivity contribution in [1.29, 1.82) is 0 Å². The average molecular weight is 1180 g/mol. The van der Waals surface area contributed by atoms with Gasteiger partial charge in [-0.3, -0.25) is 14.5 Å². The van der Waals surface area contributed by atoms with E-state index in [1.54, 1.807) is 30.1 Å². The van der Waals surface area contributed by atoms with Crippen molar-refractivity contribution in [2.75, 3.05) is 82.4 Å². The van der Waals surface area contributed by atoms with Crippen LogP contribution >= 0.6 is 23.2 Å². The highest BCUT2D eigenvalue weighted by atomic mass is 35.5. The van der Waals surface area contributed by atoms with Crippen LogP contribution in [0, 0.1) is 10.8 Å². The number of H-pyrrole nitrogens is 2. The van der Waals surface area contributed by atoms with E-state index in [9.17, 15) is 14.7 Å². The summed E-state index contributed by atoms with van der Waals surface area (Å²) in [6.45, 7) is 18.7. The number of piperazine rings is 2. The monoisotopic (exact) mass is 1180 g/mol. The van der Waals surface area contributed by atoms with Gasteiger partial charge in [0.05, 0.1) is 30.5 Å². The molecule has 0 amide bonds. The Hall–Kier alpha value is -7.69. The summed E-state index contributed by atoms with van der Waals surface area (Å²) in [6.07, 6.45) is 13.9. The number of ether oxygens (including phenoxy) is 3. The first kappa shape index (κ1) is 59.5. The lowest BCUT2D eigenvalue weighted by atomic mass is 9.72. The maximum atomic E-state index is 12.5. The molecule has 84 heavy (non-hydrogen) atoms. The van der Waals surface area contributed by atoms with Crippen LogP contribution < -0.4 is 19.3 Å². The predicted octanol–water partition coefficient (Wildman–Crippen LogP) is 15.7. The minimum atomic E-state index is -1.03. The molecule has 4 aromatic heterocycles. The Morgan fingerprint density at radius 1 is 0.583 bits per heavy atom. The molecule has 0 bridgehead atoms. The largest absolute Gasteiger partial charge is 0.478 e. The molecule has 442 valence electrons. The number of fused-ring (bicyclic) bond motifs is 2. The average Bonchev–Trinajstić information content (AvgIpc) is 4.36. The van der Waals surface area contributed by atoms with E-state index in [1.807, 2.05) is 85.2 Å². The first-order valence-electron chi connectivity index (χ1n) is 28.7. The maximum absolute atomic E-state index is 12.5. The van der Waals surface area contributed by atoms with Crippen molar-refractivity contribution in [3.05, 3.63) is 177 Å². The standard InChI is InChI=1S/C34H37ClN4O3.C33H35ClN4O3.FH.2H2/c1-34(2)12-10-25(29(20-34)23-4-6-26(35)7-5-23)22-38-14-16-39(17-15-38)27-8-9-28(33(40)41-3)31(19-27)42-32-18-24-11-13-36-30(24)21-37-32;1-33(2)11-9-24(28(19-33)22-3-5-25(34)6-4-22)21-37-13-15-38(16-14-37)26-7-8-27(32(39)40)30(18-26)41-31-17-23-10-12-35-29(23)20-36-31;;;/h4-9,11,13,18-19,21,36H,10,12,14-17,20,22H2,1-3H3;3-8,10,12,17-18,20,35H,9,11,13-16,19,21H2,1-2H3,(H,39,40);3*1H. The lowest BCUT2D eigenvalue weighted by Crippen LogP contribution is -2.47. The molecule has 2 aliphatic carbocycles. The van der Waals surface area contributed by atoms with Crippen LogP contribution in [0.25, 0.3) is 33.0 Å². The molecule has 14 nitrogen and oxygen atoms in total. The third-order valence-electron chi connectivity index (χ3n) is 16.9. The lowest BCUT2D eigenvalue weighted by Gasteiger charge is -2.39. The number of benzene rings is 4. The molecule has 4 aliphatic rings. The number of esters is 1. The smallest absolute Gasteiger partial charge is 0.341 e. The number of hydrogen-bond acceptors (Lipinski definition) is 11. The topological polar surface area (TPSA) is 152 Å². The zero-order valence-electron chi connectivity index (χ0n) is 48.4. The number of allylic oxidation sites excluding steroid dienone is 2. The number of carbonyl (C=O) groups is 2. The number of pyridine rings is 2. The van der Waals surface area contributed by atoms with Crippen LogP contribution in [-0.2, 0) is 4.74 Å². The number of carboxylic acids is 1. The number of aromatic nitrogens is 4. The van der Waals surface area contributed by atoms with E-state index in [4.69, 9.17) is 37.4 Å². The molecule has 0 saturated carbocycles. The van der Waals surface area contributed by atoms with E-state index >= 15 is 0 Å². The summed E-state index contributed by atoms with van der Waals surface area (Å²) < 4.78 is 17.2. The Balaban J connectivity index is 0.000000216. The summed E-state index contributed by atoms with van der Waals surface area (Å²) >= 11 is 12.4. The molecule has 6 heterocycles. The van der Waals surface area contributed by atoms with Crippen molar-refractivity contribution in [1.82, 2.24) is 29.7 Å². The van der Waals surface area contributed by atoms with Crippen molar-refractivity contribution < 1.29 is 36.5 Å². The SMILES string of the molecule is CC1(C)CCC(CN2CCN(c3ccc(C(=O)O)c(Oc4cc5cc[nH]c5cn4)c3)CC2)=C(c2ccc(Cl)cc2)C1.COC(=O)c1ccc(N2CCN(CC3=C(c4ccc(Cl)cc4)CC(C)(C)CC3)CC2)cc1Oc1cc2cc[nH]c2cn1.F.[HH].[HH]. The van der Waals surface area contributed by atoms with Gasteiger partial charge in [0.2, 0.25) is 11.8 Å². The van der Waals surface area contributed by atoms with Gasteiger partial charge in [0.25, 0.3) is 0 Å². The minimum absolute atomic E-state index is 0. The second-order valence-electron chi connectivity index (χ2n) is 23.9. The van der Waals surface area contributed by atoms with E-state index in [1.165, 1.54) is 47.8 Å². The van der Waals surface area contributed by atoms with Crippen LogP contribution in [0.1, 0.15) is 101 Å². The molecule has 17 heteroatoms. The molecule has 8 aromatic rings. The van der Waals surface area contributed by atoms with Crippen molar-refractivity contribution in [2.24, 2.45) is 10.8 Å². The van der Waals surface area contributed by atoms with Gasteiger partial charge in [-0.2, -0.15) is 0 Å². The summed E-state index contributed by atoms with van der Waals surface area (Å²) in [7, 11) is 1.38. The molecule has 2 fully saturated rings. The Morgan fingerprint density at radius 2 is 1.00 bits per heavy atom. The van der Waals surface area contributed by atoms with Crippen molar-refractivity contribution >= 4 is 79.5 Å². The zero-order chi connectivity index (χ0) is 57.8. The predicted molar refractivity (Wildman–Crippen MR) is 340 cm³/mol. The minimum Gasteiger partial charge on any atom is -0.478 e. The first-order chi connectivity index (χ1) is 40.0. The second-order valence-corrected chi connectivity index (χ2v) is 24.8. The normalized spacial score (nSPS) is 17.4. The van der Waals surface area contributed by atoms with E-state index in [-0.39, 0.29) is 13.1 Å². The van der Waals surface area contributed by atoms with Gasteiger partial charge in [-0.05, 0) is 132 Å². The fourth-order valence-electron chi connectivity index (χ4n) is 12.0. The number of carbonyl (C=O) groups excluding carboxylic acids is 1. The Labute approximate surface area is 503 Å². The molecule has 2 aliphatic heterocycles. The number of aromatic amines is 2. The highest BCUT2D eigenvalue weighted by Crippen LogP contribution is 2.45. The van der Waals surface area contributed by atoms with Crippen molar-refractivity contribution in [3.63, 3.8) is 0 Å². The number of nitrogens with zero attached hydrogens (tertiary/aromatic N) is 6. The van der Waals surface area contributed by atoms with Gasteiger partial charge >= 0.3 is 11.9 Å². The first-order valence-corrected chi connectivity index (χ1v) is 29.5. The quantitative estimate of drug-likeness (QED) is 0.0889. The highest BCUT2D eigenvalue weighted by Gasteiger charge is 2.32. The number of halogens is 3. The molecule has 0 radical (unpaired) electrons. The number of rotatable bonds is 14. The molecular formula is C67H77Cl2FN8O6. The van der Waals surface area contributed by atoms with Gasteiger partial charge in [0, 0.05) is 137 Å². The van der Waals surface area contributed by atoms with Gasteiger partial charge in [0.15, 0.2) is 0 Å². The molecule has 0 spiro atoms. The van der Waals surface area contributed by atoms with E-state index in [0.29, 0.717) is 39.7 Å². The van der Waals surface area contributed by atoms with Crippen LogP contribution in [0.4, 0.5) is 16.1 Å². The van der Waals surface area contributed by atoms with Crippen molar-refractivity contribution in [3.8, 4) is 23.3 Å². The molecular weight excluding hydrogens is 1100 g/mol. The molecule has 2 saturated heterocycles. The molecule has 4 aromatic carbocycles. The molecule has 3 N–H and O–H groups in total. The van der Waals surface area contributed by atoms with E-state index in [2.05, 4.69) is 91.5 Å². The lowest BCUT2D eigenvalue weighted by molar-refractivity contribution is 0.0596. The number of methoxy groups -OCH3 is 1. The van der Waals surface area contributed by atoms with Crippen molar-refractivity contribution in [2.45, 2.75) is 66.2 Å².